The maximum Gasteiger partial charge on any atom is 0.410 e. The number of carbonyl (C=O) groups is 2. The van der Waals surface area contributed by atoms with Crippen LogP contribution in [0, 0.1) is 13.8 Å². The molecule has 1 aromatic heterocycles. The Morgan fingerprint density at radius 1 is 1.23 bits per heavy atom. The summed E-state index contributed by atoms with van der Waals surface area (Å²) < 4.78 is 7.00. The predicted octanol–water partition coefficient (Wildman–Crippen LogP) is 3.39. The Morgan fingerprint density at radius 2 is 1.92 bits per heavy atom. The lowest BCUT2D eigenvalue weighted by Crippen LogP contribution is -2.31. The third kappa shape index (κ3) is 3.83. The fourth-order valence-corrected chi connectivity index (χ4v) is 3.44. The smallest absolute Gasteiger partial charge is 0.410 e. The molecule has 0 radical (unpaired) electrons. The second-order valence-electron chi connectivity index (χ2n) is 6.46. The molecule has 1 N–H and O–H groups in total. The van der Waals surface area contributed by atoms with E-state index in [9.17, 15) is 9.59 Å². The van der Waals surface area contributed by atoms with Crippen LogP contribution in [0.5, 0.6) is 0 Å². The summed E-state index contributed by atoms with van der Waals surface area (Å²) in [5.74, 6) is -1.18. The maximum atomic E-state index is 12.5. The van der Waals surface area contributed by atoms with Crippen LogP contribution in [0.1, 0.15) is 39.3 Å². The van der Waals surface area contributed by atoms with Crippen molar-refractivity contribution in [2.75, 3.05) is 6.54 Å². The van der Waals surface area contributed by atoms with E-state index in [0.717, 1.165) is 16.7 Å². The first kappa shape index (κ1) is 18.3. The molecule has 8 heteroatoms. The number of aryl methyl sites for hydroxylation is 3. The Labute approximate surface area is 156 Å². The van der Waals surface area contributed by atoms with E-state index in [2.05, 4.69) is 11.2 Å². The van der Waals surface area contributed by atoms with Crippen LogP contribution in [0.2, 0.25) is 5.02 Å². The fourth-order valence-electron chi connectivity index (χ4n) is 3.16. The van der Waals surface area contributed by atoms with Gasteiger partial charge in [0, 0.05) is 13.1 Å². The topological polar surface area (TPSA) is 84.7 Å². The normalized spacial score (nSPS) is 13.9. The molecule has 1 amide bonds. The molecule has 2 heterocycles. The van der Waals surface area contributed by atoms with Gasteiger partial charge in [0.1, 0.15) is 6.61 Å². The number of carbonyl (C=O) groups excluding carboxylic acids is 1. The molecule has 1 aliphatic rings. The van der Waals surface area contributed by atoms with Gasteiger partial charge >= 0.3 is 12.1 Å². The highest BCUT2D eigenvalue weighted by molar-refractivity contribution is 6.33. The SMILES string of the molecule is Cc1cc(C)cc(COC(=O)N2CCCn3nc(C(=O)O)c(Cl)c3C2)c1. The Kier molecular flexibility index (Phi) is 5.18. The van der Waals surface area contributed by atoms with E-state index in [1.807, 2.05) is 26.0 Å². The molecule has 0 saturated carbocycles. The van der Waals surface area contributed by atoms with Gasteiger partial charge in [-0.25, -0.2) is 9.59 Å². The summed E-state index contributed by atoms with van der Waals surface area (Å²) in [6.07, 6.45) is 0.190. The molecule has 0 fully saturated rings. The number of carboxylic acids is 1. The molecule has 0 atom stereocenters. The lowest BCUT2D eigenvalue weighted by Gasteiger charge is -2.20. The number of rotatable bonds is 3. The van der Waals surface area contributed by atoms with Crippen LogP contribution in [-0.2, 0) is 24.4 Å². The molecular weight excluding hydrogens is 358 g/mol. The zero-order valence-corrected chi connectivity index (χ0v) is 15.4. The van der Waals surface area contributed by atoms with Crippen LogP contribution in [-0.4, -0.2) is 38.4 Å². The minimum atomic E-state index is -1.18. The highest BCUT2D eigenvalue weighted by atomic mass is 35.5. The number of ether oxygens (including phenoxy) is 1. The van der Waals surface area contributed by atoms with Gasteiger partial charge in [-0.3, -0.25) is 4.68 Å². The molecular formula is C18H20ClN3O4. The first-order valence-corrected chi connectivity index (χ1v) is 8.70. The van der Waals surface area contributed by atoms with Gasteiger partial charge < -0.3 is 14.7 Å². The van der Waals surface area contributed by atoms with Crippen molar-refractivity contribution in [3.05, 3.63) is 51.3 Å². The first-order valence-electron chi connectivity index (χ1n) is 8.32. The third-order valence-electron chi connectivity index (χ3n) is 4.24. The monoisotopic (exact) mass is 377 g/mol. The van der Waals surface area contributed by atoms with E-state index in [0.29, 0.717) is 25.2 Å². The van der Waals surface area contributed by atoms with Crippen LogP contribution in [0.4, 0.5) is 4.79 Å². The van der Waals surface area contributed by atoms with Gasteiger partial charge in [0.05, 0.1) is 17.3 Å². The average Bonchev–Trinajstić information content (AvgIpc) is 2.75. The number of amides is 1. The minimum Gasteiger partial charge on any atom is -0.476 e. The molecule has 138 valence electrons. The van der Waals surface area contributed by atoms with E-state index in [1.54, 1.807) is 4.68 Å². The van der Waals surface area contributed by atoms with E-state index in [1.165, 1.54) is 4.90 Å². The molecule has 0 saturated heterocycles. The summed E-state index contributed by atoms with van der Waals surface area (Å²) in [6.45, 7) is 5.35. The number of aromatic carboxylic acids is 1. The standard InChI is InChI=1S/C18H20ClN3O4/c1-11-6-12(2)8-13(7-11)10-26-18(25)21-4-3-5-22-14(9-21)15(19)16(20-22)17(23)24/h6-8H,3-5,9-10H2,1-2H3,(H,23,24). The quantitative estimate of drug-likeness (QED) is 0.886. The van der Waals surface area contributed by atoms with Crippen molar-refractivity contribution in [3.63, 3.8) is 0 Å². The van der Waals surface area contributed by atoms with Gasteiger partial charge in [0.15, 0.2) is 5.69 Å². The van der Waals surface area contributed by atoms with Gasteiger partial charge in [0.2, 0.25) is 0 Å². The number of benzene rings is 1. The van der Waals surface area contributed by atoms with Gasteiger partial charge in [-0.2, -0.15) is 5.10 Å². The summed E-state index contributed by atoms with van der Waals surface area (Å²) in [4.78, 5) is 25.2. The molecule has 0 spiro atoms. The highest BCUT2D eigenvalue weighted by Gasteiger charge is 2.27. The van der Waals surface area contributed by atoms with Crippen molar-refractivity contribution in [3.8, 4) is 0 Å². The van der Waals surface area contributed by atoms with Gasteiger partial charge in [-0.1, -0.05) is 40.9 Å². The van der Waals surface area contributed by atoms with Gasteiger partial charge in [-0.15, -0.1) is 0 Å². The Morgan fingerprint density at radius 3 is 2.58 bits per heavy atom. The zero-order valence-electron chi connectivity index (χ0n) is 14.7. The highest BCUT2D eigenvalue weighted by Crippen LogP contribution is 2.25. The predicted molar refractivity (Wildman–Crippen MR) is 95.3 cm³/mol. The van der Waals surface area contributed by atoms with E-state index in [-0.39, 0.29) is 23.9 Å². The molecule has 7 nitrogen and oxygen atoms in total. The number of hydrogen-bond acceptors (Lipinski definition) is 4. The Hall–Kier alpha value is -2.54. The van der Waals surface area contributed by atoms with Crippen LogP contribution in [0.25, 0.3) is 0 Å². The minimum absolute atomic E-state index is 0.0755. The van der Waals surface area contributed by atoms with Crippen molar-refractivity contribution in [1.82, 2.24) is 14.7 Å². The van der Waals surface area contributed by atoms with E-state index >= 15 is 0 Å². The second-order valence-corrected chi connectivity index (χ2v) is 6.84. The van der Waals surface area contributed by atoms with Crippen LogP contribution < -0.4 is 0 Å². The summed E-state index contributed by atoms with van der Waals surface area (Å²) in [7, 11) is 0. The molecule has 0 aliphatic carbocycles. The van der Waals surface area contributed by atoms with Crippen LogP contribution in [0.3, 0.4) is 0 Å². The largest absolute Gasteiger partial charge is 0.476 e. The molecule has 26 heavy (non-hydrogen) atoms. The summed E-state index contributed by atoms with van der Waals surface area (Å²) in [6, 6.07) is 6.02. The van der Waals surface area contributed by atoms with Crippen LogP contribution >= 0.6 is 11.6 Å². The van der Waals surface area contributed by atoms with Crippen molar-refractivity contribution in [2.45, 2.75) is 40.0 Å². The first-order chi connectivity index (χ1) is 12.3. The molecule has 1 aliphatic heterocycles. The number of carboxylic acid groups (broad SMARTS) is 1. The van der Waals surface area contributed by atoms with Crippen molar-refractivity contribution < 1.29 is 19.4 Å². The zero-order chi connectivity index (χ0) is 18.8. The fraction of sp³-hybridized carbons (Fsp3) is 0.389. The summed E-state index contributed by atoms with van der Waals surface area (Å²) >= 11 is 6.14. The molecule has 2 aromatic rings. The summed E-state index contributed by atoms with van der Waals surface area (Å²) in [5, 5.41) is 13.2. The van der Waals surface area contributed by atoms with E-state index < -0.39 is 12.1 Å². The Balaban J connectivity index is 1.71. The maximum absolute atomic E-state index is 12.5. The number of nitrogens with zero attached hydrogens (tertiary/aromatic N) is 3. The lowest BCUT2D eigenvalue weighted by molar-refractivity contribution is 0.0689. The summed E-state index contributed by atoms with van der Waals surface area (Å²) in [5.41, 5.74) is 3.49. The molecule has 3 rings (SSSR count). The van der Waals surface area contributed by atoms with Crippen molar-refractivity contribution >= 4 is 23.7 Å². The van der Waals surface area contributed by atoms with Gasteiger partial charge in [0.25, 0.3) is 0 Å². The number of hydrogen-bond donors (Lipinski definition) is 1. The third-order valence-corrected chi connectivity index (χ3v) is 4.63. The van der Waals surface area contributed by atoms with Gasteiger partial charge in [-0.05, 0) is 25.8 Å². The number of fused-ring (bicyclic) bond motifs is 1. The second kappa shape index (κ2) is 7.37. The number of halogens is 1. The molecule has 1 aromatic carbocycles. The average molecular weight is 378 g/mol. The van der Waals surface area contributed by atoms with Crippen molar-refractivity contribution in [1.29, 1.82) is 0 Å². The molecule has 0 bridgehead atoms. The Bertz CT molecular complexity index is 842. The molecule has 0 unspecified atom stereocenters. The van der Waals surface area contributed by atoms with Crippen LogP contribution in [0.15, 0.2) is 18.2 Å². The number of aromatic nitrogens is 2. The van der Waals surface area contributed by atoms with Crippen molar-refractivity contribution in [2.24, 2.45) is 0 Å². The lowest BCUT2D eigenvalue weighted by atomic mass is 10.1. The van der Waals surface area contributed by atoms with E-state index in [4.69, 9.17) is 21.4 Å².